The zero-order valence-electron chi connectivity index (χ0n) is 19.9. The summed E-state index contributed by atoms with van der Waals surface area (Å²) in [5.41, 5.74) is 3.66. The van der Waals surface area contributed by atoms with Crippen LogP contribution in [0.2, 0.25) is 0 Å². The van der Waals surface area contributed by atoms with Gasteiger partial charge in [-0.1, -0.05) is 11.3 Å². The summed E-state index contributed by atoms with van der Waals surface area (Å²) in [6.45, 7) is 4.19. The number of carboxylic acids is 1. The normalized spacial score (nSPS) is 14.0. The van der Waals surface area contributed by atoms with E-state index in [1.165, 1.54) is 23.2 Å². The Morgan fingerprint density at radius 1 is 0.865 bits per heavy atom. The van der Waals surface area contributed by atoms with Crippen molar-refractivity contribution >= 4 is 66.5 Å². The third-order valence-corrected chi connectivity index (χ3v) is 7.28. The second-order valence-corrected chi connectivity index (χ2v) is 10.1. The molecule has 0 saturated carbocycles. The smallest absolute Gasteiger partial charge is 0.355 e. The molecule has 186 valence electrons. The lowest BCUT2D eigenvalue weighted by Gasteiger charge is -2.13. The van der Waals surface area contributed by atoms with Crippen molar-refractivity contribution < 1.29 is 9.90 Å². The van der Waals surface area contributed by atoms with Crippen molar-refractivity contribution in [1.82, 2.24) is 4.98 Å². The molecule has 2 aromatic carbocycles. The molecule has 1 fully saturated rings. The first-order chi connectivity index (χ1) is 18.0. The Labute approximate surface area is 220 Å². The Morgan fingerprint density at radius 2 is 1.54 bits per heavy atom. The van der Waals surface area contributed by atoms with Crippen LogP contribution in [0.15, 0.2) is 90.7 Å². The zero-order chi connectivity index (χ0) is 25.6. The molecule has 5 rings (SSSR count). The van der Waals surface area contributed by atoms with Crippen LogP contribution in [0.1, 0.15) is 28.9 Å². The highest BCUT2D eigenvalue weighted by Gasteiger charge is 2.14. The summed E-state index contributed by atoms with van der Waals surface area (Å²) in [5, 5.41) is 38.3. The van der Waals surface area contributed by atoms with E-state index < -0.39 is 5.97 Å². The maximum absolute atomic E-state index is 10.9. The van der Waals surface area contributed by atoms with Gasteiger partial charge >= 0.3 is 5.97 Å². The topological polar surface area (TPSA) is 128 Å². The SMILES string of the molecule is Cc1cc(N=Nc2ccc(N3CCCC3)s2)ccc1N=Nc1ccc(N=Nc2nc(C(=O)O)cs2)cc1. The number of hydrogen-bond acceptors (Lipinski definition) is 11. The van der Waals surface area contributed by atoms with Gasteiger partial charge in [0, 0.05) is 18.5 Å². The van der Waals surface area contributed by atoms with Crippen LogP contribution in [0, 0.1) is 6.92 Å². The molecular formula is C25H22N8O2S2. The summed E-state index contributed by atoms with van der Waals surface area (Å²) >= 11 is 2.78. The maximum Gasteiger partial charge on any atom is 0.355 e. The van der Waals surface area contributed by atoms with Gasteiger partial charge in [-0.15, -0.1) is 31.8 Å². The lowest BCUT2D eigenvalue weighted by Crippen LogP contribution is -2.15. The van der Waals surface area contributed by atoms with Gasteiger partial charge in [-0.05, 0) is 79.9 Å². The minimum atomic E-state index is -1.09. The number of thiazole rings is 1. The maximum atomic E-state index is 10.9. The minimum Gasteiger partial charge on any atom is -0.476 e. The summed E-state index contributed by atoms with van der Waals surface area (Å²) in [6.07, 6.45) is 2.50. The van der Waals surface area contributed by atoms with Crippen molar-refractivity contribution in [1.29, 1.82) is 0 Å². The van der Waals surface area contributed by atoms with Crippen molar-refractivity contribution in [3.63, 3.8) is 0 Å². The Morgan fingerprint density at radius 3 is 2.22 bits per heavy atom. The van der Waals surface area contributed by atoms with E-state index in [9.17, 15) is 4.79 Å². The number of thiophene rings is 1. The summed E-state index contributed by atoms with van der Waals surface area (Å²) < 4.78 is 0. The second kappa shape index (κ2) is 11.3. The standard InChI is InChI=1S/C25H22N8O2S2/c1-16-14-19(29-31-22-10-11-23(37-22)33-12-2-3-13-33)8-9-20(16)30-27-17-4-6-18(7-5-17)28-32-25-26-21(15-36-25)24(34)35/h4-11,14-15H,2-3,12-13H2,1H3,(H,34,35). The highest BCUT2D eigenvalue weighted by atomic mass is 32.1. The summed E-state index contributed by atoms with van der Waals surface area (Å²) in [4.78, 5) is 17.2. The predicted molar refractivity (Wildman–Crippen MR) is 145 cm³/mol. The molecule has 1 saturated heterocycles. The van der Waals surface area contributed by atoms with Crippen LogP contribution in [-0.2, 0) is 0 Å². The molecule has 4 aromatic rings. The van der Waals surface area contributed by atoms with Crippen LogP contribution in [0.3, 0.4) is 0 Å². The van der Waals surface area contributed by atoms with E-state index in [-0.39, 0.29) is 10.8 Å². The van der Waals surface area contributed by atoms with Crippen LogP contribution in [0.4, 0.5) is 37.9 Å². The lowest BCUT2D eigenvalue weighted by molar-refractivity contribution is 0.0691. The van der Waals surface area contributed by atoms with Gasteiger partial charge in [0.1, 0.15) is 5.00 Å². The van der Waals surface area contributed by atoms with Crippen molar-refractivity contribution in [2.24, 2.45) is 30.7 Å². The fraction of sp³-hybridized carbons (Fsp3) is 0.200. The second-order valence-electron chi connectivity index (χ2n) is 8.21. The van der Waals surface area contributed by atoms with Gasteiger partial charge < -0.3 is 10.0 Å². The minimum absolute atomic E-state index is 0.0462. The Balaban J connectivity index is 1.19. The summed E-state index contributed by atoms with van der Waals surface area (Å²) in [7, 11) is 0. The third kappa shape index (κ3) is 6.35. The number of aryl methyl sites for hydroxylation is 1. The van der Waals surface area contributed by atoms with Gasteiger partial charge in [0.15, 0.2) is 5.69 Å². The van der Waals surface area contributed by atoms with E-state index in [1.807, 2.05) is 31.2 Å². The van der Waals surface area contributed by atoms with E-state index in [4.69, 9.17) is 5.11 Å². The molecule has 12 heteroatoms. The van der Waals surface area contributed by atoms with Crippen LogP contribution in [0.5, 0.6) is 0 Å². The van der Waals surface area contributed by atoms with E-state index in [2.05, 4.69) is 46.6 Å². The molecule has 10 nitrogen and oxygen atoms in total. The fourth-order valence-electron chi connectivity index (χ4n) is 3.61. The number of hydrogen-bond donors (Lipinski definition) is 1. The summed E-state index contributed by atoms with van der Waals surface area (Å²) in [6, 6.07) is 16.9. The fourth-order valence-corrected chi connectivity index (χ4v) is 5.10. The number of rotatable bonds is 8. The van der Waals surface area contributed by atoms with Gasteiger partial charge in [-0.25, -0.2) is 9.78 Å². The Kier molecular flexibility index (Phi) is 7.47. The average Bonchev–Trinajstić information content (AvgIpc) is 3.68. The number of benzene rings is 2. The highest BCUT2D eigenvalue weighted by molar-refractivity contribution is 7.19. The molecule has 0 unspecified atom stereocenters. The molecule has 3 heterocycles. The number of carbonyl (C=O) groups is 1. The molecule has 0 aliphatic carbocycles. The largest absolute Gasteiger partial charge is 0.476 e. The van der Waals surface area contributed by atoms with Crippen molar-refractivity contribution in [3.8, 4) is 0 Å². The molecule has 0 bridgehead atoms. The summed E-state index contributed by atoms with van der Waals surface area (Å²) in [5.74, 6) is -1.09. The average molecular weight is 531 g/mol. The predicted octanol–water partition coefficient (Wildman–Crippen LogP) is 9.06. The zero-order valence-corrected chi connectivity index (χ0v) is 21.5. The monoisotopic (exact) mass is 530 g/mol. The first-order valence-electron chi connectivity index (χ1n) is 11.5. The number of azo groups is 3. The molecular weight excluding hydrogens is 508 g/mol. The molecule has 0 amide bonds. The molecule has 37 heavy (non-hydrogen) atoms. The van der Waals surface area contributed by atoms with Gasteiger partial charge in [0.2, 0.25) is 5.13 Å². The third-order valence-electron chi connectivity index (χ3n) is 5.52. The molecule has 1 N–H and O–H groups in total. The van der Waals surface area contributed by atoms with Gasteiger partial charge in [0.25, 0.3) is 0 Å². The van der Waals surface area contributed by atoms with Gasteiger partial charge in [0.05, 0.1) is 27.8 Å². The molecule has 1 aliphatic heterocycles. The Hall–Kier alpha value is -4.16. The van der Waals surface area contributed by atoms with Crippen molar-refractivity contribution in [2.75, 3.05) is 18.0 Å². The van der Waals surface area contributed by atoms with E-state index in [1.54, 1.807) is 35.6 Å². The lowest BCUT2D eigenvalue weighted by atomic mass is 10.2. The van der Waals surface area contributed by atoms with Crippen LogP contribution in [-0.4, -0.2) is 29.1 Å². The first-order valence-corrected chi connectivity index (χ1v) is 13.2. The number of aromatic carboxylic acids is 1. The molecule has 0 radical (unpaired) electrons. The van der Waals surface area contributed by atoms with Gasteiger partial charge in [-0.3, -0.25) is 0 Å². The van der Waals surface area contributed by atoms with Crippen LogP contribution < -0.4 is 4.90 Å². The quantitative estimate of drug-likeness (QED) is 0.228. The van der Waals surface area contributed by atoms with Crippen molar-refractivity contribution in [2.45, 2.75) is 19.8 Å². The van der Waals surface area contributed by atoms with E-state index in [0.29, 0.717) is 11.4 Å². The number of aromatic nitrogens is 1. The molecule has 0 atom stereocenters. The van der Waals surface area contributed by atoms with E-state index in [0.717, 1.165) is 46.4 Å². The van der Waals surface area contributed by atoms with Gasteiger partial charge in [-0.2, -0.15) is 10.2 Å². The molecule has 2 aromatic heterocycles. The number of anilines is 1. The molecule has 0 spiro atoms. The van der Waals surface area contributed by atoms with Crippen LogP contribution in [0.25, 0.3) is 0 Å². The Bertz CT molecular complexity index is 1480. The highest BCUT2D eigenvalue weighted by Crippen LogP contribution is 2.35. The van der Waals surface area contributed by atoms with E-state index >= 15 is 0 Å². The number of carboxylic acid groups (broad SMARTS) is 1. The van der Waals surface area contributed by atoms with Crippen LogP contribution >= 0.6 is 22.7 Å². The van der Waals surface area contributed by atoms with Crippen molar-refractivity contribution in [3.05, 3.63) is 71.2 Å². The molecule has 1 aliphatic rings. The first kappa shape index (κ1) is 24.5. The number of nitrogens with zero attached hydrogens (tertiary/aromatic N) is 8.